The number of oxime groups is 1. The lowest BCUT2D eigenvalue weighted by Gasteiger charge is -2.24. The Labute approximate surface area is 118 Å². The zero-order chi connectivity index (χ0) is 13.9. The minimum Gasteiger partial charge on any atom is -0.409 e. The van der Waals surface area contributed by atoms with Crippen molar-refractivity contribution in [2.75, 3.05) is 7.05 Å². The van der Waals surface area contributed by atoms with E-state index in [1.165, 1.54) is 4.90 Å². The summed E-state index contributed by atoms with van der Waals surface area (Å²) in [5.74, 6) is -0.284. The minimum absolute atomic E-state index is 0.0315. The van der Waals surface area contributed by atoms with Crippen LogP contribution >= 0.6 is 27.5 Å². The average Bonchev–Trinajstić information content (AvgIpc) is 2.35. The number of nitrogens with zero attached hydrogens (tertiary/aromatic N) is 2. The first-order valence-electron chi connectivity index (χ1n) is 5.08. The van der Waals surface area contributed by atoms with Crippen molar-refractivity contribution in [1.82, 2.24) is 4.90 Å². The fourth-order valence-corrected chi connectivity index (χ4v) is 2.16. The number of rotatable bonds is 3. The molecule has 5 nitrogen and oxygen atoms in total. The zero-order valence-corrected chi connectivity index (χ0v) is 12.2. The second kappa shape index (κ2) is 6.06. The van der Waals surface area contributed by atoms with E-state index in [9.17, 15) is 4.79 Å². The van der Waals surface area contributed by atoms with Crippen LogP contribution in [0.1, 0.15) is 17.3 Å². The van der Waals surface area contributed by atoms with E-state index in [4.69, 9.17) is 22.5 Å². The average molecular weight is 335 g/mol. The summed E-state index contributed by atoms with van der Waals surface area (Å²) in [7, 11) is 1.58. The van der Waals surface area contributed by atoms with Gasteiger partial charge in [-0.3, -0.25) is 4.79 Å². The van der Waals surface area contributed by atoms with Crippen LogP contribution in [-0.4, -0.2) is 34.9 Å². The third kappa shape index (κ3) is 3.14. The van der Waals surface area contributed by atoms with Crippen molar-refractivity contribution in [3.8, 4) is 0 Å². The monoisotopic (exact) mass is 333 g/mol. The maximum Gasteiger partial charge on any atom is 0.255 e. The van der Waals surface area contributed by atoms with Crippen molar-refractivity contribution in [1.29, 1.82) is 0 Å². The number of carbonyl (C=O) groups excluding carboxylic acids is 1. The minimum atomic E-state index is -0.509. The molecule has 0 aromatic heterocycles. The summed E-state index contributed by atoms with van der Waals surface area (Å²) in [6, 6.07) is 4.37. The molecular weight excluding hydrogens is 321 g/mol. The fourth-order valence-electron chi connectivity index (χ4n) is 1.31. The molecule has 1 unspecified atom stereocenters. The number of amidine groups is 1. The van der Waals surface area contributed by atoms with E-state index >= 15 is 0 Å². The number of amides is 1. The molecule has 0 spiro atoms. The molecule has 0 aliphatic heterocycles. The van der Waals surface area contributed by atoms with Gasteiger partial charge in [-0.05, 0) is 41.1 Å². The fraction of sp³-hybridized carbons (Fsp3) is 0.273. The predicted octanol–water partition coefficient (Wildman–Crippen LogP) is 2.31. The Hall–Kier alpha value is -1.27. The summed E-state index contributed by atoms with van der Waals surface area (Å²) >= 11 is 9.09. The summed E-state index contributed by atoms with van der Waals surface area (Å²) in [5, 5.41) is 12.0. The van der Waals surface area contributed by atoms with Crippen LogP contribution in [0.5, 0.6) is 0 Å². The Morgan fingerprint density at radius 1 is 1.61 bits per heavy atom. The highest BCUT2D eigenvalue weighted by Gasteiger charge is 2.22. The normalized spacial score (nSPS) is 13.2. The van der Waals surface area contributed by atoms with Crippen LogP contribution in [0.4, 0.5) is 0 Å². The number of halogens is 2. The molecule has 0 bridgehead atoms. The first-order valence-corrected chi connectivity index (χ1v) is 6.25. The Kier molecular flexibility index (Phi) is 4.98. The second-order valence-corrected chi connectivity index (χ2v) is 5.03. The van der Waals surface area contributed by atoms with E-state index in [1.807, 2.05) is 0 Å². The molecule has 0 saturated carbocycles. The summed E-state index contributed by atoms with van der Waals surface area (Å²) in [6.45, 7) is 1.66. The van der Waals surface area contributed by atoms with Crippen LogP contribution in [0.3, 0.4) is 0 Å². The van der Waals surface area contributed by atoms with Crippen LogP contribution < -0.4 is 5.73 Å². The molecule has 7 heteroatoms. The van der Waals surface area contributed by atoms with E-state index in [-0.39, 0.29) is 11.7 Å². The molecule has 1 atom stereocenters. The van der Waals surface area contributed by atoms with Gasteiger partial charge in [0.1, 0.15) is 0 Å². The smallest absolute Gasteiger partial charge is 0.255 e. The van der Waals surface area contributed by atoms with Crippen molar-refractivity contribution < 1.29 is 10.0 Å². The molecule has 98 valence electrons. The number of hydrogen-bond donors (Lipinski definition) is 2. The van der Waals surface area contributed by atoms with Gasteiger partial charge >= 0.3 is 0 Å². The lowest BCUT2D eigenvalue weighted by molar-refractivity contribution is 0.0775. The van der Waals surface area contributed by atoms with E-state index in [0.717, 1.165) is 0 Å². The van der Waals surface area contributed by atoms with Gasteiger partial charge in [0.15, 0.2) is 5.84 Å². The largest absolute Gasteiger partial charge is 0.409 e. The maximum absolute atomic E-state index is 12.2. The molecule has 3 N–H and O–H groups in total. The summed E-state index contributed by atoms with van der Waals surface area (Å²) in [5.41, 5.74) is 5.93. The Bertz CT molecular complexity index is 493. The van der Waals surface area contributed by atoms with Gasteiger partial charge in [0, 0.05) is 16.5 Å². The molecule has 0 heterocycles. The lowest BCUT2D eigenvalue weighted by Crippen LogP contribution is -2.43. The van der Waals surface area contributed by atoms with Crippen molar-refractivity contribution in [2.45, 2.75) is 13.0 Å². The summed E-state index contributed by atoms with van der Waals surface area (Å²) in [4.78, 5) is 13.6. The van der Waals surface area contributed by atoms with Crippen LogP contribution in [0.2, 0.25) is 5.02 Å². The number of hydrogen-bond acceptors (Lipinski definition) is 3. The Morgan fingerprint density at radius 3 is 2.72 bits per heavy atom. The van der Waals surface area contributed by atoms with Gasteiger partial charge < -0.3 is 15.8 Å². The predicted molar refractivity (Wildman–Crippen MR) is 74.1 cm³/mol. The van der Waals surface area contributed by atoms with Crippen molar-refractivity contribution in [3.63, 3.8) is 0 Å². The topological polar surface area (TPSA) is 78.9 Å². The van der Waals surface area contributed by atoms with Gasteiger partial charge in [-0.1, -0.05) is 16.8 Å². The van der Waals surface area contributed by atoms with Gasteiger partial charge in [0.25, 0.3) is 5.91 Å². The highest BCUT2D eigenvalue weighted by Crippen LogP contribution is 2.23. The molecule has 18 heavy (non-hydrogen) atoms. The quantitative estimate of drug-likeness (QED) is 0.385. The van der Waals surface area contributed by atoms with Gasteiger partial charge in [-0.2, -0.15) is 0 Å². The third-order valence-electron chi connectivity index (χ3n) is 2.61. The van der Waals surface area contributed by atoms with E-state index < -0.39 is 6.04 Å². The van der Waals surface area contributed by atoms with E-state index in [0.29, 0.717) is 15.1 Å². The molecule has 1 aromatic rings. The van der Waals surface area contributed by atoms with Gasteiger partial charge in [-0.15, -0.1) is 0 Å². The van der Waals surface area contributed by atoms with Crippen molar-refractivity contribution in [2.24, 2.45) is 10.9 Å². The van der Waals surface area contributed by atoms with Crippen LogP contribution in [0.15, 0.2) is 27.8 Å². The van der Waals surface area contributed by atoms with Crippen LogP contribution in [-0.2, 0) is 0 Å². The molecule has 1 amide bonds. The summed E-state index contributed by atoms with van der Waals surface area (Å²) < 4.78 is 0.596. The number of benzene rings is 1. The molecule has 1 rings (SSSR count). The first-order chi connectivity index (χ1) is 8.38. The standard InChI is InChI=1S/C11H13BrClN3O2/c1-6(10(14)15-18)16(2)11(17)8-4-3-7(13)5-9(8)12/h3-6,18H,1-2H3,(H2,14,15). The molecule has 0 radical (unpaired) electrons. The Balaban J connectivity index is 3.00. The summed E-state index contributed by atoms with van der Waals surface area (Å²) in [6.07, 6.45) is 0. The van der Waals surface area contributed by atoms with Crippen molar-refractivity contribution >= 4 is 39.3 Å². The van der Waals surface area contributed by atoms with Crippen LogP contribution in [0, 0.1) is 0 Å². The molecule has 1 aromatic carbocycles. The Morgan fingerprint density at radius 2 is 2.22 bits per heavy atom. The van der Waals surface area contributed by atoms with Gasteiger partial charge in [0.2, 0.25) is 0 Å². The SMILES string of the molecule is CC(/C(N)=N/O)N(C)C(=O)c1ccc(Cl)cc1Br. The second-order valence-electron chi connectivity index (χ2n) is 3.74. The van der Waals surface area contributed by atoms with Crippen LogP contribution in [0.25, 0.3) is 0 Å². The van der Waals surface area contributed by atoms with Gasteiger partial charge in [-0.25, -0.2) is 0 Å². The lowest BCUT2D eigenvalue weighted by atomic mass is 10.1. The van der Waals surface area contributed by atoms with Gasteiger partial charge in [0.05, 0.1) is 11.6 Å². The zero-order valence-electron chi connectivity index (χ0n) is 9.89. The molecule has 0 aliphatic carbocycles. The van der Waals surface area contributed by atoms with E-state index in [1.54, 1.807) is 32.2 Å². The first kappa shape index (κ1) is 14.8. The molecule has 0 saturated heterocycles. The highest BCUT2D eigenvalue weighted by atomic mass is 79.9. The molecule has 0 fully saturated rings. The van der Waals surface area contributed by atoms with Crippen molar-refractivity contribution in [3.05, 3.63) is 33.3 Å². The number of likely N-dealkylation sites (N-methyl/N-ethyl adjacent to an activating group) is 1. The third-order valence-corrected chi connectivity index (χ3v) is 3.50. The highest BCUT2D eigenvalue weighted by molar-refractivity contribution is 9.10. The maximum atomic E-state index is 12.2. The molecule has 0 aliphatic rings. The number of carbonyl (C=O) groups is 1. The van der Waals surface area contributed by atoms with E-state index in [2.05, 4.69) is 21.1 Å². The molecular formula is C11H13BrClN3O2. The number of nitrogens with two attached hydrogens (primary N) is 1.